The molecule has 3 aromatic carbocycles. The monoisotopic (exact) mass is 429 g/mol. The van der Waals surface area contributed by atoms with Gasteiger partial charge < -0.3 is 10.2 Å². The molecule has 1 heterocycles. The molecular formula is C29H35NO2. The van der Waals surface area contributed by atoms with Crippen molar-refractivity contribution in [2.24, 2.45) is 0 Å². The van der Waals surface area contributed by atoms with Gasteiger partial charge in [0.15, 0.2) is 0 Å². The van der Waals surface area contributed by atoms with Gasteiger partial charge in [-0.3, -0.25) is 4.90 Å². The summed E-state index contributed by atoms with van der Waals surface area (Å²) in [5, 5.41) is 21.9. The SMILES string of the molecule is O[C@@H](C[C@H]1CCC[C@H](C[C@H](O)c2ccccc2)N1CCc1ccccc1)c1ccccc1. The fourth-order valence-electron chi connectivity index (χ4n) is 5.13. The summed E-state index contributed by atoms with van der Waals surface area (Å²) in [6.45, 7) is 0.947. The topological polar surface area (TPSA) is 43.7 Å². The van der Waals surface area contributed by atoms with Crippen LogP contribution in [0.2, 0.25) is 0 Å². The average Bonchev–Trinajstić information content (AvgIpc) is 2.85. The highest BCUT2D eigenvalue weighted by molar-refractivity contribution is 5.19. The van der Waals surface area contributed by atoms with Crippen LogP contribution in [0.3, 0.4) is 0 Å². The number of aliphatic hydroxyl groups excluding tert-OH is 2. The van der Waals surface area contributed by atoms with Gasteiger partial charge in [-0.2, -0.15) is 0 Å². The number of nitrogens with zero attached hydrogens (tertiary/aromatic N) is 1. The lowest BCUT2D eigenvalue weighted by Crippen LogP contribution is -2.48. The molecule has 1 aliphatic rings. The summed E-state index contributed by atoms with van der Waals surface area (Å²) in [6, 6.07) is 31.2. The highest BCUT2D eigenvalue weighted by Gasteiger charge is 2.33. The van der Waals surface area contributed by atoms with E-state index in [1.54, 1.807) is 0 Å². The highest BCUT2D eigenvalue weighted by atomic mass is 16.3. The van der Waals surface area contributed by atoms with Crippen LogP contribution in [-0.4, -0.2) is 33.7 Å². The lowest BCUT2D eigenvalue weighted by molar-refractivity contribution is 0.0180. The number of likely N-dealkylation sites (tertiary alicyclic amines) is 1. The summed E-state index contributed by atoms with van der Waals surface area (Å²) in [5.41, 5.74) is 3.31. The Kier molecular flexibility index (Phi) is 8.11. The minimum absolute atomic E-state index is 0.315. The number of benzene rings is 3. The summed E-state index contributed by atoms with van der Waals surface area (Å²) in [4.78, 5) is 2.58. The smallest absolute Gasteiger partial charge is 0.0805 e. The molecule has 0 aromatic heterocycles. The maximum Gasteiger partial charge on any atom is 0.0805 e. The number of hydrogen-bond donors (Lipinski definition) is 2. The first-order valence-corrected chi connectivity index (χ1v) is 12.0. The Hall–Kier alpha value is -2.46. The Morgan fingerprint density at radius 2 is 1.09 bits per heavy atom. The van der Waals surface area contributed by atoms with Crippen molar-refractivity contribution in [2.75, 3.05) is 6.54 Å². The van der Waals surface area contributed by atoms with E-state index in [-0.39, 0.29) is 0 Å². The van der Waals surface area contributed by atoms with Gasteiger partial charge in [0.25, 0.3) is 0 Å². The van der Waals surface area contributed by atoms with Crippen LogP contribution in [0.5, 0.6) is 0 Å². The molecule has 1 fully saturated rings. The normalized spacial score (nSPS) is 21.2. The summed E-state index contributed by atoms with van der Waals surface area (Å²) in [6.07, 6.45) is 4.86. The quantitative estimate of drug-likeness (QED) is 0.459. The van der Waals surface area contributed by atoms with Crippen molar-refractivity contribution in [1.29, 1.82) is 0 Å². The predicted molar refractivity (Wildman–Crippen MR) is 130 cm³/mol. The van der Waals surface area contributed by atoms with Gasteiger partial charge in [0.2, 0.25) is 0 Å². The second-order valence-electron chi connectivity index (χ2n) is 9.04. The van der Waals surface area contributed by atoms with E-state index in [0.717, 1.165) is 56.2 Å². The summed E-state index contributed by atoms with van der Waals surface area (Å²) < 4.78 is 0. The Morgan fingerprint density at radius 3 is 1.56 bits per heavy atom. The molecule has 32 heavy (non-hydrogen) atoms. The van der Waals surface area contributed by atoms with E-state index in [4.69, 9.17) is 0 Å². The van der Waals surface area contributed by atoms with Gasteiger partial charge in [0, 0.05) is 18.6 Å². The standard InChI is InChI=1S/C29H35NO2/c31-28(24-13-6-2-7-14-24)21-26-17-10-18-27(22-29(32)25-15-8-3-9-16-25)30(26)20-19-23-11-4-1-5-12-23/h1-9,11-16,26-29,31-32H,10,17-22H2/t26-,27-,28+,29+/m1/s1. The molecule has 2 N–H and O–H groups in total. The van der Waals surface area contributed by atoms with Gasteiger partial charge in [0.05, 0.1) is 12.2 Å². The zero-order chi connectivity index (χ0) is 22.2. The third kappa shape index (κ3) is 6.07. The largest absolute Gasteiger partial charge is 0.388 e. The first kappa shape index (κ1) is 22.7. The van der Waals surface area contributed by atoms with Gasteiger partial charge in [0.1, 0.15) is 0 Å². The molecule has 1 aliphatic heterocycles. The molecule has 0 bridgehead atoms. The van der Waals surface area contributed by atoms with E-state index < -0.39 is 12.2 Å². The second-order valence-corrected chi connectivity index (χ2v) is 9.04. The minimum Gasteiger partial charge on any atom is -0.388 e. The van der Waals surface area contributed by atoms with E-state index in [1.165, 1.54) is 5.56 Å². The molecule has 0 unspecified atom stereocenters. The van der Waals surface area contributed by atoms with Crippen LogP contribution in [0.15, 0.2) is 91.0 Å². The lowest BCUT2D eigenvalue weighted by Gasteiger charge is -2.44. The maximum atomic E-state index is 10.9. The Morgan fingerprint density at radius 1 is 0.656 bits per heavy atom. The number of hydrogen-bond acceptors (Lipinski definition) is 3. The zero-order valence-electron chi connectivity index (χ0n) is 18.8. The van der Waals surface area contributed by atoms with Crippen molar-refractivity contribution < 1.29 is 10.2 Å². The van der Waals surface area contributed by atoms with Gasteiger partial charge in [-0.25, -0.2) is 0 Å². The number of aliphatic hydroxyl groups is 2. The van der Waals surface area contributed by atoms with E-state index >= 15 is 0 Å². The molecule has 1 saturated heterocycles. The zero-order valence-corrected chi connectivity index (χ0v) is 18.8. The molecule has 0 aliphatic carbocycles. The minimum atomic E-state index is -0.460. The van der Waals surface area contributed by atoms with Crippen molar-refractivity contribution in [1.82, 2.24) is 4.90 Å². The molecule has 3 aromatic rings. The summed E-state index contributed by atoms with van der Waals surface area (Å²) in [5.74, 6) is 0. The van der Waals surface area contributed by atoms with E-state index in [2.05, 4.69) is 35.2 Å². The van der Waals surface area contributed by atoms with Crippen molar-refractivity contribution in [3.05, 3.63) is 108 Å². The van der Waals surface area contributed by atoms with Crippen LogP contribution in [0, 0.1) is 0 Å². The van der Waals surface area contributed by atoms with Gasteiger partial charge in [-0.15, -0.1) is 0 Å². The van der Waals surface area contributed by atoms with Crippen molar-refractivity contribution in [3.8, 4) is 0 Å². The Bertz CT molecular complexity index is 860. The van der Waals surface area contributed by atoms with Gasteiger partial charge in [-0.1, -0.05) is 97.4 Å². The molecule has 168 valence electrons. The van der Waals surface area contributed by atoms with Crippen LogP contribution in [0.4, 0.5) is 0 Å². The second kappa shape index (κ2) is 11.4. The van der Waals surface area contributed by atoms with Gasteiger partial charge >= 0.3 is 0 Å². The third-order valence-corrected chi connectivity index (χ3v) is 6.87. The lowest BCUT2D eigenvalue weighted by atomic mass is 9.87. The number of rotatable bonds is 9. The molecule has 0 amide bonds. The Balaban J connectivity index is 1.49. The highest BCUT2D eigenvalue weighted by Crippen LogP contribution is 2.34. The molecule has 0 saturated carbocycles. The van der Waals surface area contributed by atoms with Gasteiger partial charge in [-0.05, 0) is 48.8 Å². The van der Waals surface area contributed by atoms with E-state index in [0.29, 0.717) is 12.1 Å². The van der Waals surface area contributed by atoms with Crippen molar-refractivity contribution in [3.63, 3.8) is 0 Å². The molecule has 3 nitrogen and oxygen atoms in total. The third-order valence-electron chi connectivity index (χ3n) is 6.87. The van der Waals surface area contributed by atoms with Crippen LogP contribution in [-0.2, 0) is 6.42 Å². The average molecular weight is 430 g/mol. The fraction of sp³-hybridized carbons (Fsp3) is 0.379. The van der Waals surface area contributed by atoms with Crippen LogP contribution >= 0.6 is 0 Å². The first-order chi connectivity index (χ1) is 15.7. The van der Waals surface area contributed by atoms with E-state index in [1.807, 2.05) is 60.7 Å². The predicted octanol–water partition coefficient (Wildman–Crippen LogP) is 5.70. The van der Waals surface area contributed by atoms with Crippen LogP contribution < -0.4 is 0 Å². The van der Waals surface area contributed by atoms with Crippen molar-refractivity contribution in [2.45, 2.75) is 62.8 Å². The number of piperidine rings is 1. The molecule has 3 heteroatoms. The van der Waals surface area contributed by atoms with Crippen molar-refractivity contribution >= 4 is 0 Å². The summed E-state index contributed by atoms with van der Waals surface area (Å²) in [7, 11) is 0. The molecule has 0 spiro atoms. The molecule has 0 radical (unpaired) electrons. The van der Waals surface area contributed by atoms with Crippen LogP contribution in [0.1, 0.15) is 61.0 Å². The van der Waals surface area contributed by atoms with Crippen LogP contribution in [0.25, 0.3) is 0 Å². The Labute approximate surface area is 192 Å². The van der Waals surface area contributed by atoms with E-state index in [9.17, 15) is 10.2 Å². The maximum absolute atomic E-state index is 10.9. The summed E-state index contributed by atoms with van der Waals surface area (Å²) >= 11 is 0. The molecule has 4 atom stereocenters. The molecule has 4 rings (SSSR count). The fourth-order valence-corrected chi connectivity index (χ4v) is 5.13. The molecular weight excluding hydrogens is 394 g/mol. The first-order valence-electron chi connectivity index (χ1n) is 12.0.